The number of anilines is 1. The second kappa shape index (κ2) is 3.90. The Bertz CT molecular complexity index is 726. The molecule has 0 saturated carbocycles. The molecule has 0 atom stereocenters. The lowest BCUT2D eigenvalue weighted by atomic mass is 10.1. The maximum absolute atomic E-state index is 12.4. The molecular formula is C15H11NO4. The number of carbonyl (C=O) groups excluding carboxylic acids is 1. The van der Waals surface area contributed by atoms with Crippen LogP contribution in [0.5, 0.6) is 17.2 Å². The molecule has 100 valence electrons. The molecule has 1 N–H and O–H groups in total. The van der Waals surface area contributed by atoms with Crippen molar-refractivity contribution in [3.63, 3.8) is 0 Å². The number of aromatic hydroxyl groups is 1. The number of hydrogen-bond acceptors (Lipinski definition) is 4. The lowest BCUT2D eigenvalue weighted by molar-refractivity contribution is 0.0996. The summed E-state index contributed by atoms with van der Waals surface area (Å²) in [4.78, 5) is 14.0. The molecular weight excluding hydrogens is 258 g/mol. The first kappa shape index (κ1) is 11.2. The average molecular weight is 269 g/mol. The molecule has 0 bridgehead atoms. The summed E-state index contributed by atoms with van der Waals surface area (Å²) in [6.45, 7) is 0.564. The van der Waals surface area contributed by atoms with Crippen LogP contribution in [0.2, 0.25) is 0 Å². The van der Waals surface area contributed by atoms with E-state index in [-0.39, 0.29) is 18.4 Å². The summed E-state index contributed by atoms with van der Waals surface area (Å²) in [6, 6.07) is 10.4. The first-order valence-electron chi connectivity index (χ1n) is 6.26. The second-order valence-corrected chi connectivity index (χ2v) is 4.73. The van der Waals surface area contributed by atoms with Gasteiger partial charge in [0, 0.05) is 22.9 Å². The number of fused-ring (bicyclic) bond motifs is 2. The molecule has 5 heteroatoms. The zero-order chi connectivity index (χ0) is 13.7. The highest BCUT2D eigenvalue weighted by molar-refractivity contribution is 6.10. The van der Waals surface area contributed by atoms with Crippen molar-refractivity contribution >= 4 is 11.6 Å². The lowest BCUT2D eigenvalue weighted by Crippen LogP contribution is -2.22. The Morgan fingerprint density at radius 2 is 1.95 bits per heavy atom. The van der Waals surface area contributed by atoms with Crippen LogP contribution in [0, 0.1) is 0 Å². The molecule has 2 aliphatic rings. The van der Waals surface area contributed by atoms with Gasteiger partial charge in [-0.3, -0.25) is 4.79 Å². The minimum absolute atomic E-state index is 0.116. The zero-order valence-corrected chi connectivity index (χ0v) is 10.5. The Morgan fingerprint density at radius 1 is 1.10 bits per heavy atom. The first-order chi connectivity index (χ1) is 9.74. The van der Waals surface area contributed by atoms with Crippen molar-refractivity contribution in [3.05, 3.63) is 47.5 Å². The molecule has 2 aromatic rings. The van der Waals surface area contributed by atoms with Gasteiger partial charge in [-0.15, -0.1) is 0 Å². The number of rotatable bonds is 1. The smallest absolute Gasteiger partial charge is 0.259 e. The molecule has 4 rings (SSSR count). The molecule has 2 heterocycles. The number of ether oxygens (including phenoxy) is 2. The Hall–Kier alpha value is -2.69. The zero-order valence-electron chi connectivity index (χ0n) is 10.5. The van der Waals surface area contributed by atoms with Gasteiger partial charge in [0.25, 0.3) is 5.91 Å². The van der Waals surface area contributed by atoms with Gasteiger partial charge in [-0.2, -0.15) is 0 Å². The molecule has 2 aliphatic heterocycles. The monoisotopic (exact) mass is 269 g/mol. The largest absolute Gasteiger partial charge is 0.508 e. The molecule has 2 aromatic carbocycles. The number of amides is 1. The molecule has 5 nitrogen and oxygen atoms in total. The lowest BCUT2D eigenvalue weighted by Gasteiger charge is -2.16. The van der Waals surface area contributed by atoms with Crippen LogP contribution >= 0.6 is 0 Å². The molecule has 0 saturated heterocycles. The fourth-order valence-corrected chi connectivity index (χ4v) is 2.58. The van der Waals surface area contributed by atoms with E-state index >= 15 is 0 Å². The number of benzene rings is 2. The third-order valence-corrected chi connectivity index (χ3v) is 3.61. The summed E-state index contributed by atoms with van der Waals surface area (Å²) in [5, 5.41) is 9.85. The van der Waals surface area contributed by atoms with Crippen molar-refractivity contribution in [2.24, 2.45) is 0 Å². The van der Waals surface area contributed by atoms with E-state index in [9.17, 15) is 9.90 Å². The van der Waals surface area contributed by atoms with Crippen LogP contribution in [0.1, 0.15) is 15.9 Å². The fourth-order valence-electron chi connectivity index (χ4n) is 2.58. The van der Waals surface area contributed by atoms with Crippen LogP contribution in [0.3, 0.4) is 0 Å². The summed E-state index contributed by atoms with van der Waals surface area (Å²) in [6.07, 6.45) is 0. The summed E-state index contributed by atoms with van der Waals surface area (Å²) in [5.41, 5.74) is 1.94. The van der Waals surface area contributed by atoms with Crippen LogP contribution in [0.4, 0.5) is 5.69 Å². The van der Waals surface area contributed by atoms with Crippen LogP contribution in [0.15, 0.2) is 36.4 Å². The van der Waals surface area contributed by atoms with Crippen molar-refractivity contribution < 1.29 is 19.4 Å². The van der Waals surface area contributed by atoms with Crippen molar-refractivity contribution in [2.45, 2.75) is 6.54 Å². The van der Waals surface area contributed by atoms with E-state index in [4.69, 9.17) is 9.47 Å². The van der Waals surface area contributed by atoms with Gasteiger partial charge in [0.05, 0.1) is 6.54 Å². The topological polar surface area (TPSA) is 59.0 Å². The van der Waals surface area contributed by atoms with E-state index in [0.29, 0.717) is 29.2 Å². The minimum Gasteiger partial charge on any atom is -0.508 e. The van der Waals surface area contributed by atoms with Gasteiger partial charge in [-0.25, -0.2) is 0 Å². The van der Waals surface area contributed by atoms with Gasteiger partial charge < -0.3 is 19.5 Å². The second-order valence-electron chi connectivity index (χ2n) is 4.73. The van der Waals surface area contributed by atoms with Gasteiger partial charge in [-0.05, 0) is 24.3 Å². The highest BCUT2D eigenvalue weighted by atomic mass is 16.7. The van der Waals surface area contributed by atoms with E-state index in [1.165, 1.54) is 0 Å². The van der Waals surface area contributed by atoms with Crippen LogP contribution in [-0.2, 0) is 6.54 Å². The SMILES string of the molecule is O=C1c2cccc(O)c2CN1c1ccc2c(c1)OCO2. The number of carbonyl (C=O) groups is 1. The number of phenolic OH excluding ortho intramolecular Hbond substituents is 1. The maximum Gasteiger partial charge on any atom is 0.259 e. The standard InChI is InChI=1S/C15H11NO4/c17-12-3-1-2-10-11(12)7-16(15(10)18)9-4-5-13-14(6-9)20-8-19-13/h1-6,17H,7-8H2. The highest BCUT2D eigenvalue weighted by Crippen LogP contribution is 2.39. The van der Waals surface area contributed by atoms with E-state index in [1.54, 1.807) is 35.2 Å². The fraction of sp³-hybridized carbons (Fsp3) is 0.133. The molecule has 0 aromatic heterocycles. The van der Waals surface area contributed by atoms with Gasteiger partial charge in [0.1, 0.15) is 5.75 Å². The normalized spacial score (nSPS) is 15.6. The number of phenols is 1. The highest BCUT2D eigenvalue weighted by Gasteiger charge is 2.31. The third kappa shape index (κ3) is 1.46. The summed E-state index contributed by atoms with van der Waals surface area (Å²) >= 11 is 0. The summed E-state index contributed by atoms with van der Waals surface area (Å²) < 4.78 is 10.6. The Balaban J connectivity index is 1.75. The van der Waals surface area contributed by atoms with E-state index in [1.807, 2.05) is 6.07 Å². The van der Waals surface area contributed by atoms with Crippen molar-refractivity contribution in [3.8, 4) is 17.2 Å². The van der Waals surface area contributed by atoms with E-state index in [0.717, 1.165) is 5.69 Å². The number of nitrogens with zero attached hydrogens (tertiary/aromatic N) is 1. The Labute approximate surface area is 115 Å². The Kier molecular flexibility index (Phi) is 2.18. The van der Waals surface area contributed by atoms with Gasteiger partial charge in [0.2, 0.25) is 6.79 Å². The van der Waals surface area contributed by atoms with Crippen LogP contribution in [0.25, 0.3) is 0 Å². The molecule has 20 heavy (non-hydrogen) atoms. The van der Waals surface area contributed by atoms with Gasteiger partial charge in [-0.1, -0.05) is 6.07 Å². The minimum atomic E-state index is -0.116. The molecule has 0 fully saturated rings. The molecule has 0 radical (unpaired) electrons. The predicted octanol–water partition coefficient (Wildman–Crippen LogP) is 2.28. The van der Waals surface area contributed by atoms with Crippen molar-refractivity contribution in [1.82, 2.24) is 0 Å². The van der Waals surface area contributed by atoms with Crippen LogP contribution in [-0.4, -0.2) is 17.8 Å². The molecule has 0 spiro atoms. The summed E-state index contributed by atoms with van der Waals surface area (Å²) in [7, 11) is 0. The van der Waals surface area contributed by atoms with Gasteiger partial charge in [0.15, 0.2) is 11.5 Å². The first-order valence-corrected chi connectivity index (χ1v) is 6.26. The quantitative estimate of drug-likeness (QED) is 0.862. The molecule has 0 aliphatic carbocycles. The number of hydrogen-bond donors (Lipinski definition) is 1. The predicted molar refractivity (Wildman–Crippen MR) is 71.2 cm³/mol. The molecule has 1 amide bonds. The third-order valence-electron chi connectivity index (χ3n) is 3.61. The Morgan fingerprint density at radius 3 is 2.80 bits per heavy atom. The van der Waals surface area contributed by atoms with Crippen LogP contribution < -0.4 is 14.4 Å². The van der Waals surface area contributed by atoms with E-state index in [2.05, 4.69) is 0 Å². The van der Waals surface area contributed by atoms with E-state index < -0.39 is 0 Å². The van der Waals surface area contributed by atoms with Crippen molar-refractivity contribution in [2.75, 3.05) is 11.7 Å². The summed E-state index contributed by atoms with van der Waals surface area (Å²) in [5.74, 6) is 1.35. The van der Waals surface area contributed by atoms with Gasteiger partial charge >= 0.3 is 0 Å². The van der Waals surface area contributed by atoms with Crippen molar-refractivity contribution in [1.29, 1.82) is 0 Å². The average Bonchev–Trinajstić information content (AvgIpc) is 3.04. The maximum atomic E-state index is 12.4. The molecule has 0 unspecified atom stereocenters.